The van der Waals surface area contributed by atoms with Gasteiger partial charge in [0.15, 0.2) is 0 Å². The van der Waals surface area contributed by atoms with Gasteiger partial charge in [0.2, 0.25) is 15.9 Å². The molecule has 1 aliphatic heterocycles. The van der Waals surface area contributed by atoms with Crippen LogP contribution in [0, 0.1) is 0 Å². The fourth-order valence-corrected chi connectivity index (χ4v) is 3.61. The molecular weight excluding hydrogens is 316 g/mol. The van der Waals surface area contributed by atoms with Crippen molar-refractivity contribution >= 4 is 21.6 Å². The van der Waals surface area contributed by atoms with Crippen LogP contribution in [0.5, 0.6) is 0 Å². The molecule has 0 aliphatic carbocycles. The van der Waals surface area contributed by atoms with Gasteiger partial charge in [0.25, 0.3) is 0 Å². The van der Waals surface area contributed by atoms with E-state index in [2.05, 4.69) is 19.8 Å². The molecule has 0 spiro atoms. The van der Waals surface area contributed by atoms with E-state index in [-0.39, 0.29) is 5.91 Å². The number of rotatable bonds is 6. The van der Waals surface area contributed by atoms with Crippen LogP contribution in [0.3, 0.4) is 0 Å². The summed E-state index contributed by atoms with van der Waals surface area (Å²) in [5.74, 6) is 0.0270. The van der Waals surface area contributed by atoms with Crippen molar-refractivity contribution in [3.05, 3.63) is 24.3 Å². The Labute approximate surface area is 137 Å². The van der Waals surface area contributed by atoms with E-state index in [4.69, 9.17) is 0 Å². The average molecular weight is 340 g/mol. The third-order valence-corrected chi connectivity index (χ3v) is 5.34. The maximum absolute atomic E-state index is 12.1. The van der Waals surface area contributed by atoms with Crippen LogP contribution < -0.4 is 14.9 Å². The predicted octanol–water partition coefficient (Wildman–Crippen LogP) is -0.147. The lowest BCUT2D eigenvalue weighted by molar-refractivity contribution is -0.122. The molecule has 1 heterocycles. The highest BCUT2D eigenvalue weighted by molar-refractivity contribution is 7.89. The van der Waals surface area contributed by atoms with Crippen molar-refractivity contribution in [3.8, 4) is 0 Å². The minimum atomic E-state index is -3.49. The number of sulfonamides is 1. The van der Waals surface area contributed by atoms with E-state index in [1.165, 1.54) is 7.05 Å². The minimum absolute atomic E-state index is 0.0270. The first kappa shape index (κ1) is 17.7. The van der Waals surface area contributed by atoms with E-state index in [1.54, 1.807) is 12.1 Å². The number of carbonyl (C=O) groups excluding carboxylic acids is 1. The molecule has 1 saturated heterocycles. The Morgan fingerprint density at radius 1 is 1.17 bits per heavy atom. The summed E-state index contributed by atoms with van der Waals surface area (Å²) in [5.41, 5.74) is 0.708. The molecular formula is C15H24N4O3S. The van der Waals surface area contributed by atoms with Crippen LogP contribution in [0.15, 0.2) is 29.2 Å². The lowest BCUT2D eigenvalue weighted by Crippen LogP contribution is -2.49. The second-order valence-electron chi connectivity index (χ2n) is 5.39. The Morgan fingerprint density at radius 2 is 1.83 bits per heavy atom. The van der Waals surface area contributed by atoms with Crippen LogP contribution in [0.2, 0.25) is 0 Å². The van der Waals surface area contributed by atoms with Crippen LogP contribution in [-0.4, -0.2) is 65.5 Å². The van der Waals surface area contributed by atoms with Gasteiger partial charge in [-0.1, -0.05) is 12.1 Å². The topological polar surface area (TPSA) is 81.8 Å². The third kappa shape index (κ3) is 4.43. The standard InChI is InChI=1S/C15H24N4O3S/c1-3-17-15(20)12-18-8-10-19(11-9-18)13-6-4-5-7-14(13)23(21,22)16-2/h4-7,16H,3,8-12H2,1-2H3,(H,17,20). The number of nitrogens with zero attached hydrogens (tertiary/aromatic N) is 2. The summed E-state index contributed by atoms with van der Waals surface area (Å²) in [5, 5.41) is 2.79. The summed E-state index contributed by atoms with van der Waals surface area (Å²) in [6.07, 6.45) is 0. The number of hydrogen-bond acceptors (Lipinski definition) is 5. The zero-order valence-electron chi connectivity index (χ0n) is 13.6. The highest BCUT2D eigenvalue weighted by Gasteiger charge is 2.24. The number of piperazine rings is 1. The molecule has 2 N–H and O–H groups in total. The number of amides is 1. The lowest BCUT2D eigenvalue weighted by atomic mass is 10.2. The molecule has 0 bridgehead atoms. The molecule has 128 valence electrons. The first-order valence-electron chi connectivity index (χ1n) is 7.74. The van der Waals surface area contributed by atoms with Crippen molar-refractivity contribution in [1.82, 2.24) is 14.9 Å². The van der Waals surface area contributed by atoms with Crippen molar-refractivity contribution in [2.24, 2.45) is 0 Å². The van der Waals surface area contributed by atoms with Gasteiger partial charge >= 0.3 is 0 Å². The fourth-order valence-electron chi connectivity index (χ4n) is 2.66. The van der Waals surface area contributed by atoms with Crippen molar-refractivity contribution in [2.45, 2.75) is 11.8 Å². The monoisotopic (exact) mass is 340 g/mol. The smallest absolute Gasteiger partial charge is 0.242 e. The van der Waals surface area contributed by atoms with E-state index in [0.717, 1.165) is 13.1 Å². The van der Waals surface area contributed by atoms with Gasteiger partial charge in [-0.05, 0) is 26.1 Å². The largest absolute Gasteiger partial charge is 0.368 e. The third-order valence-electron chi connectivity index (χ3n) is 3.88. The van der Waals surface area contributed by atoms with Crippen LogP contribution in [0.1, 0.15) is 6.92 Å². The second-order valence-corrected chi connectivity index (χ2v) is 7.25. The van der Waals surface area contributed by atoms with Gasteiger partial charge in [0.1, 0.15) is 4.90 Å². The molecule has 8 heteroatoms. The minimum Gasteiger partial charge on any atom is -0.368 e. The van der Waals surface area contributed by atoms with Gasteiger partial charge in [0.05, 0.1) is 12.2 Å². The molecule has 2 rings (SSSR count). The second kappa shape index (κ2) is 7.76. The van der Waals surface area contributed by atoms with E-state index in [9.17, 15) is 13.2 Å². The Bertz CT molecular complexity index is 640. The van der Waals surface area contributed by atoms with Crippen molar-refractivity contribution in [2.75, 3.05) is 51.2 Å². The average Bonchev–Trinajstić information content (AvgIpc) is 2.56. The maximum Gasteiger partial charge on any atom is 0.242 e. The molecule has 0 atom stereocenters. The Morgan fingerprint density at radius 3 is 2.43 bits per heavy atom. The van der Waals surface area contributed by atoms with Gasteiger partial charge in [-0.25, -0.2) is 13.1 Å². The number of likely N-dealkylation sites (N-methyl/N-ethyl adjacent to an activating group) is 1. The quantitative estimate of drug-likeness (QED) is 0.753. The molecule has 1 aromatic carbocycles. The maximum atomic E-state index is 12.1. The number of para-hydroxylation sites is 1. The first-order valence-corrected chi connectivity index (χ1v) is 9.23. The molecule has 1 aromatic rings. The van der Waals surface area contributed by atoms with Crippen LogP contribution in [-0.2, 0) is 14.8 Å². The molecule has 7 nitrogen and oxygen atoms in total. The van der Waals surface area contributed by atoms with Crippen LogP contribution in [0.4, 0.5) is 5.69 Å². The van der Waals surface area contributed by atoms with Gasteiger partial charge in [-0.15, -0.1) is 0 Å². The number of nitrogens with one attached hydrogen (secondary N) is 2. The van der Waals surface area contributed by atoms with Crippen molar-refractivity contribution < 1.29 is 13.2 Å². The van der Waals surface area contributed by atoms with E-state index in [0.29, 0.717) is 36.8 Å². The van der Waals surface area contributed by atoms with E-state index < -0.39 is 10.0 Å². The zero-order chi connectivity index (χ0) is 16.9. The van der Waals surface area contributed by atoms with Gasteiger partial charge in [-0.2, -0.15) is 0 Å². The molecule has 0 aromatic heterocycles. The highest BCUT2D eigenvalue weighted by atomic mass is 32.2. The molecule has 0 radical (unpaired) electrons. The number of benzene rings is 1. The molecule has 23 heavy (non-hydrogen) atoms. The predicted molar refractivity (Wildman–Crippen MR) is 90.0 cm³/mol. The SMILES string of the molecule is CCNC(=O)CN1CCN(c2ccccc2S(=O)(=O)NC)CC1. The van der Waals surface area contributed by atoms with Gasteiger partial charge < -0.3 is 10.2 Å². The number of hydrogen-bond donors (Lipinski definition) is 2. The summed E-state index contributed by atoms with van der Waals surface area (Å²) in [7, 11) is -2.07. The van der Waals surface area contributed by atoms with Gasteiger partial charge in [-0.3, -0.25) is 9.69 Å². The highest BCUT2D eigenvalue weighted by Crippen LogP contribution is 2.25. The van der Waals surface area contributed by atoms with E-state index >= 15 is 0 Å². The molecule has 0 saturated carbocycles. The van der Waals surface area contributed by atoms with E-state index in [1.807, 2.05) is 19.1 Å². The van der Waals surface area contributed by atoms with Crippen molar-refractivity contribution in [1.29, 1.82) is 0 Å². The summed E-state index contributed by atoms with van der Waals surface area (Å²) in [6.45, 7) is 5.75. The molecule has 0 unspecified atom stereocenters. The summed E-state index contributed by atoms with van der Waals surface area (Å²) < 4.78 is 26.7. The van der Waals surface area contributed by atoms with Crippen molar-refractivity contribution in [3.63, 3.8) is 0 Å². The first-order chi connectivity index (χ1) is 11.0. The van der Waals surface area contributed by atoms with Gasteiger partial charge in [0, 0.05) is 32.7 Å². The summed E-state index contributed by atoms with van der Waals surface area (Å²) in [6, 6.07) is 7.00. The Hall–Kier alpha value is -1.64. The fraction of sp³-hybridized carbons (Fsp3) is 0.533. The number of anilines is 1. The molecule has 1 amide bonds. The summed E-state index contributed by atoms with van der Waals surface area (Å²) in [4.78, 5) is 16.1. The lowest BCUT2D eigenvalue weighted by Gasteiger charge is -2.36. The Kier molecular flexibility index (Phi) is 5.97. The Balaban J connectivity index is 2.05. The van der Waals surface area contributed by atoms with Crippen LogP contribution in [0.25, 0.3) is 0 Å². The molecule has 1 aliphatic rings. The zero-order valence-corrected chi connectivity index (χ0v) is 14.4. The number of carbonyl (C=O) groups is 1. The van der Waals surface area contributed by atoms with Crippen LogP contribution >= 0.6 is 0 Å². The normalized spacial score (nSPS) is 16.3. The molecule has 1 fully saturated rings. The summed E-state index contributed by atoms with van der Waals surface area (Å²) >= 11 is 0.